The van der Waals surface area contributed by atoms with Gasteiger partial charge in [-0.05, 0) is 23.8 Å². The van der Waals surface area contributed by atoms with Gasteiger partial charge < -0.3 is 10.6 Å². The number of hydrogen-bond donors (Lipinski definition) is 2. The Morgan fingerprint density at radius 3 is 2.52 bits per heavy atom. The van der Waals surface area contributed by atoms with E-state index in [0.29, 0.717) is 17.4 Å². The largest absolute Gasteiger partial charge is 0.365 e. The van der Waals surface area contributed by atoms with Gasteiger partial charge in [-0.2, -0.15) is 0 Å². The number of nitrogens with one attached hydrogen (secondary N) is 2. The molecule has 2 aromatic carbocycles. The van der Waals surface area contributed by atoms with Gasteiger partial charge in [-0.15, -0.1) is 0 Å². The summed E-state index contributed by atoms with van der Waals surface area (Å²) in [6.45, 7) is 0.481. The number of amides is 1. The topological polar surface area (TPSA) is 66.9 Å². The Morgan fingerprint density at radius 1 is 1.04 bits per heavy atom. The summed E-state index contributed by atoms with van der Waals surface area (Å²) in [4.78, 5) is 20.3. The van der Waals surface area contributed by atoms with Crippen molar-refractivity contribution in [1.82, 2.24) is 9.97 Å². The summed E-state index contributed by atoms with van der Waals surface area (Å²) in [7, 11) is 0. The monoisotopic (exact) mass is 356 g/mol. The number of aromatic nitrogens is 2. The number of anilines is 2. The third-order valence-corrected chi connectivity index (χ3v) is 3.79. The Kier molecular flexibility index (Phi) is 5.20. The second kappa shape index (κ2) is 7.72. The summed E-state index contributed by atoms with van der Waals surface area (Å²) in [5.41, 5.74) is 1.11. The predicted octanol–water partition coefficient (Wildman–Crippen LogP) is 4.13. The van der Waals surface area contributed by atoms with Gasteiger partial charge >= 0.3 is 0 Å². The van der Waals surface area contributed by atoms with Crippen molar-refractivity contribution in [3.8, 4) is 0 Å². The maximum Gasteiger partial charge on any atom is 0.275 e. The molecule has 2 N–H and O–H groups in total. The van der Waals surface area contributed by atoms with Crippen LogP contribution in [0.25, 0.3) is 0 Å². The first kappa shape index (κ1) is 16.9. The van der Waals surface area contributed by atoms with Crippen molar-refractivity contribution >= 4 is 29.0 Å². The van der Waals surface area contributed by atoms with Crippen LogP contribution in [0.4, 0.5) is 15.9 Å². The van der Waals surface area contributed by atoms with E-state index in [-0.39, 0.29) is 11.4 Å². The number of halogens is 2. The quantitative estimate of drug-likeness (QED) is 0.721. The molecule has 0 bridgehead atoms. The molecule has 0 fully saturated rings. The zero-order chi connectivity index (χ0) is 17.6. The molecule has 0 saturated carbocycles. The molecule has 5 nitrogen and oxygen atoms in total. The maximum absolute atomic E-state index is 13.6. The Labute approximate surface area is 148 Å². The van der Waals surface area contributed by atoms with E-state index in [1.54, 1.807) is 18.2 Å². The number of carbonyl (C=O) groups excluding carboxylic acids is 1. The van der Waals surface area contributed by atoms with Gasteiger partial charge in [0.05, 0.1) is 18.1 Å². The molecule has 0 aliphatic heterocycles. The zero-order valence-electron chi connectivity index (χ0n) is 13.0. The van der Waals surface area contributed by atoms with Gasteiger partial charge in [0.1, 0.15) is 17.3 Å². The summed E-state index contributed by atoms with van der Waals surface area (Å²) >= 11 is 6.09. The van der Waals surface area contributed by atoms with Crippen LogP contribution in [0.5, 0.6) is 0 Å². The molecular weight excluding hydrogens is 343 g/mol. The van der Waals surface area contributed by atoms with E-state index < -0.39 is 11.7 Å². The number of para-hydroxylation sites is 1. The van der Waals surface area contributed by atoms with E-state index in [4.69, 9.17) is 11.6 Å². The predicted molar refractivity (Wildman–Crippen MR) is 95.2 cm³/mol. The summed E-state index contributed by atoms with van der Waals surface area (Å²) in [6, 6.07) is 13.4. The van der Waals surface area contributed by atoms with Crippen LogP contribution in [-0.4, -0.2) is 15.9 Å². The zero-order valence-corrected chi connectivity index (χ0v) is 13.8. The molecule has 0 aliphatic rings. The SMILES string of the molecule is O=C(Nc1ccccc1F)c1cnc(NCc2ccccc2Cl)cn1. The molecule has 1 heterocycles. The normalized spacial score (nSPS) is 10.3. The first-order valence-electron chi connectivity index (χ1n) is 7.48. The molecule has 0 saturated heterocycles. The molecule has 126 valence electrons. The number of benzene rings is 2. The number of rotatable bonds is 5. The van der Waals surface area contributed by atoms with Gasteiger partial charge in [-0.3, -0.25) is 4.79 Å². The molecule has 0 radical (unpaired) electrons. The highest BCUT2D eigenvalue weighted by Crippen LogP contribution is 2.16. The van der Waals surface area contributed by atoms with Gasteiger partial charge in [0.15, 0.2) is 0 Å². The van der Waals surface area contributed by atoms with Crippen LogP contribution in [0.3, 0.4) is 0 Å². The minimum atomic E-state index is -0.532. The van der Waals surface area contributed by atoms with Gasteiger partial charge in [0.2, 0.25) is 0 Å². The van der Waals surface area contributed by atoms with Gasteiger partial charge in [0.25, 0.3) is 5.91 Å². The fourth-order valence-corrected chi connectivity index (χ4v) is 2.32. The number of carbonyl (C=O) groups is 1. The molecule has 3 aromatic rings. The summed E-state index contributed by atoms with van der Waals surface area (Å²) in [5, 5.41) is 6.19. The van der Waals surface area contributed by atoms with E-state index >= 15 is 0 Å². The number of nitrogens with zero attached hydrogens (tertiary/aromatic N) is 2. The van der Waals surface area contributed by atoms with Crippen LogP contribution in [0, 0.1) is 5.82 Å². The van der Waals surface area contributed by atoms with Crippen LogP contribution in [0.1, 0.15) is 16.1 Å². The minimum absolute atomic E-state index is 0.0894. The fraction of sp³-hybridized carbons (Fsp3) is 0.0556. The van der Waals surface area contributed by atoms with E-state index in [1.165, 1.54) is 24.5 Å². The molecule has 0 unspecified atom stereocenters. The van der Waals surface area contributed by atoms with Gasteiger partial charge in [-0.1, -0.05) is 41.9 Å². The molecule has 0 atom stereocenters. The second-order valence-electron chi connectivity index (χ2n) is 5.17. The Morgan fingerprint density at radius 2 is 1.80 bits per heavy atom. The summed E-state index contributed by atoms with van der Waals surface area (Å²) in [6.07, 6.45) is 2.76. The lowest BCUT2D eigenvalue weighted by Gasteiger charge is -2.08. The van der Waals surface area contributed by atoms with Crippen molar-refractivity contribution in [2.75, 3.05) is 10.6 Å². The highest BCUT2D eigenvalue weighted by atomic mass is 35.5. The van der Waals surface area contributed by atoms with Crippen molar-refractivity contribution in [2.24, 2.45) is 0 Å². The third-order valence-electron chi connectivity index (χ3n) is 3.42. The molecule has 7 heteroatoms. The highest BCUT2D eigenvalue weighted by molar-refractivity contribution is 6.31. The average Bonchev–Trinajstić information content (AvgIpc) is 2.63. The fourth-order valence-electron chi connectivity index (χ4n) is 2.11. The van der Waals surface area contributed by atoms with Crippen molar-refractivity contribution in [1.29, 1.82) is 0 Å². The van der Waals surface area contributed by atoms with E-state index in [1.807, 2.05) is 18.2 Å². The summed E-state index contributed by atoms with van der Waals surface area (Å²) in [5.74, 6) is -0.542. The molecule has 1 amide bonds. The molecule has 0 aliphatic carbocycles. The Bertz CT molecular complexity index is 886. The van der Waals surface area contributed by atoms with E-state index in [9.17, 15) is 9.18 Å². The second-order valence-corrected chi connectivity index (χ2v) is 5.57. The first-order valence-corrected chi connectivity index (χ1v) is 7.86. The molecule has 25 heavy (non-hydrogen) atoms. The van der Waals surface area contributed by atoms with Crippen molar-refractivity contribution in [2.45, 2.75) is 6.54 Å². The van der Waals surface area contributed by atoms with Gasteiger partial charge in [-0.25, -0.2) is 14.4 Å². The lowest BCUT2D eigenvalue weighted by Crippen LogP contribution is -2.15. The highest BCUT2D eigenvalue weighted by Gasteiger charge is 2.11. The van der Waals surface area contributed by atoms with Crippen LogP contribution in [0.15, 0.2) is 60.9 Å². The number of hydrogen-bond acceptors (Lipinski definition) is 4. The van der Waals surface area contributed by atoms with Crippen LogP contribution in [-0.2, 0) is 6.54 Å². The average molecular weight is 357 g/mol. The molecular formula is C18H14ClFN4O. The van der Waals surface area contributed by atoms with Crippen molar-refractivity contribution < 1.29 is 9.18 Å². The Balaban J connectivity index is 1.63. The van der Waals surface area contributed by atoms with E-state index in [0.717, 1.165) is 5.56 Å². The molecule has 1 aromatic heterocycles. The van der Waals surface area contributed by atoms with Crippen LogP contribution < -0.4 is 10.6 Å². The van der Waals surface area contributed by atoms with E-state index in [2.05, 4.69) is 20.6 Å². The van der Waals surface area contributed by atoms with Gasteiger partial charge in [0, 0.05) is 11.6 Å². The lowest BCUT2D eigenvalue weighted by molar-refractivity contribution is 0.102. The van der Waals surface area contributed by atoms with Crippen LogP contribution >= 0.6 is 11.6 Å². The standard InChI is InChI=1S/C18H14ClFN4O/c19-13-6-2-1-5-12(13)9-22-17-11-21-16(10-23-17)18(25)24-15-8-4-3-7-14(15)20/h1-8,10-11H,9H2,(H,22,23)(H,24,25). The molecule has 0 spiro atoms. The smallest absolute Gasteiger partial charge is 0.275 e. The Hall–Kier alpha value is -2.99. The summed E-state index contributed by atoms with van der Waals surface area (Å²) < 4.78 is 13.6. The maximum atomic E-state index is 13.6. The van der Waals surface area contributed by atoms with Crippen molar-refractivity contribution in [3.63, 3.8) is 0 Å². The lowest BCUT2D eigenvalue weighted by atomic mass is 10.2. The molecule has 3 rings (SSSR count). The third kappa shape index (κ3) is 4.30. The van der Waals surface area contributed by atoms with Crippen LogP contribution in [0.2, 0.25) is 5.02 Å². The minimum Gasteiger partial charge on any atom is -0.365 e. The van der Waals surface area contributed by atoms with Crippen molar-refractivity contribution in [3.05, 3.63) is 83.0 Å². The first-order chi connectivity index (χ1) is 12.1.